The quantitative estimate of drug-likeness (QED) is 0.753. The van der Waals surface area contributed by atoms with Gasteiger partial charge in [-0.15, -0.1) is 0 Å². The molecule has 1 atom stereocenters. The van der Waals surface area contributed by atoms with Crippen molar-refractivity contribution >= 4 is 23.3 Å². The zero-order valence-corrected chi connectivity index (χ0v) is 15.7. The highest BCUT2D eigenvalue weighted by Crippen LogP contribution is 2.18. The van der Waals surface area contributed by atoms with E-state index in [1.165, 1.54) is 0 Å². The molecule has 25 heavy (non-hydrogen) atoms. The largest absolute Gasteiger partial charge is 0.360 e. The summed E-state index contributed by atoms with van der Waals surface area (Å²) in [7, 11) is 0. The third-order valence-electron chi connectivity index (χ3n) is 4.08. The van der Waals surface area contributed by atoms with E-state index in [0.717, 1.165) is 0 Å². The number of aromatic nitrogens is 1. The van der Waals surface area contributed by atoms with Gasteiger partial charge in [-0.25, -0.2) is 0 Å². The second kappa shape index (κ2) is 8.30. The second-order valence-corrected chi connectivity index (χ2v) is 6.64. The maximum absolute atomic E-state index is 12.8. The molecule has 6 heteroatoms. The molecule has 1 aromatic carbocycles. The van der Waals surface area contributed by atoms with E-state index >= 15 is 0 Å². The fourth-order valence-electron chi connectivity index (χ4n) is 2.64. The summed E-state index contributed by atoms with van der Waals surface area (Å²) in [6.45, 7) is 7.60. The van der Waals surface area contributed by atoms with Crippen LogP contribution in [0.5, 0.6) is 0 Å². The standard InChI is InChI=1S/C19H23ClN2O3/c1-5-14-16(15(6-2)25-22-14)19(24)21-17(11(3)4)18(23)12-7-9-13(20)10-8-12/h7-11,17H,5-6H2,1-4H3,(H,21,24). The number of amides is 1. The van der Waals surface area contributed by atoms with Gasteiger partial charge in [0.1, 0.15) is 11.3 Å². The molecule has 1 aromatic heterocycles. The monoisotopic (exact) mass is 362 g/mol. The number of rotatable bonds is 7. The molecule has 0 fully saturated rings. The van der Waals surface area contributed by atoms with Crippen LogP contribution in [0.3, 0.4) is 0 Å². The van der Waals surface area contributed by atoms with Crippen molar-refractivity contribution in [2.45, 2.75) is 46.6 Å². The van der Waals surface area contributed by atoms with Crippen LogP contribution in [0.2, 0.25) is 5.02 Å². The first kappa shape index (κ1) is 19.2. The molecule has 1 heterocycles. The molecule has 0 aliphatic rings. The molecule has 2 rings (SSSR count). The number of ketones is 1. The Bertz CT molecular complexity index is 729. The van der Waals surface area contributed by atoms with Gasteiger partial charge in [-0.1, -0.05) is 44.5 Å². The Hall–Kier alpha value is -2.14. The first-order valence-electron chi connectivity index (χ1n) is 8.47. The van der Waals surface area contributed by atoms with E-state index in [9.17, 15) is 9.59 Å². The van der Waals surface area contributed by atoms with E-state index in [-0.39, 0.29) is 17.6 Å². The SMILES string of the molecule is CCc1noc(CC)c1C(=O)NC(C(=O)c1ccc(Cl)cc1)C(C)C. The molecule has 1 unspecified atom stereocenters. The van der Waals surface area contributed by atoms with Gasteiger partial charge in [0.25, 0.3) is 5.91 Å². The number of aryl methyl sites for hydroxylation is 2. The van der Waals surface area contributed by atoms with Gasteiger partial charge in [0.05, 0.1) is 11.7 Å². The summed E-state index contributed by atoms with van der Waals surface area (Å²) in [6, 6.07) is 6.02. The number of nitrogens with zero attached hydrogens (tertiary/aromatic N) is 1. The molecule has 0 spiro atoms. The highest BCUT2D eigenvalue weighted by atomic mass is 35.5. The minimum atomic E-state index is -0.641. The minimum Gasteiger partial charge on any atom is -0.360 e. The van der Waals surface area contributed by atoms with Crippen molar-refractivity contribution in [2.75, 3.05) is 0 Å². The third-order valence-corrected chi connectivity index (χ3v) is 4.33. The van der Waals surface area contributed by atoms with Gasteiger partial charge in [0.15, 0.2) is 5.78 Å². The number of carbonyl (C=O) groups is 2. The maximum atomic E-state index is 12.8. The molecule has 0 bridgehead atoms. The average Bonchev–Trinajstić information content (AvgIpc) is 3.02. The Morgan fingerprint density at radius 1 is 1.16 bits per heavy atom. The molecule has 1 amide bonds. The highest BCUT2D eigenvalue weighted by Gasteiger charge is 2.29. The molecular formula is C19H23ClN2O3. The summed E-state index contributed by atoms with van der Waals surface area (Å²) in [5.74, 6) is 0.00136. The van der Waals surface area contributed by atoms with Crippen molar-refractivity contribution in [1.82, 2.24) is 10.5 Å². The van der Waals surface area contributed by atoms with Crippen LogP contribution in [0.15, 0.2) is 28.8 Å². The maximum Gasteiger partial charge on any atom is 0.257 e. The number of hydrogen-bond donors (Lipinski definition) is 1. The minimum absolute atomic E-state index is 0.0675. The van der Waals surface area contributed by atoms with Gasteiger partial charge < -0.3 is 9.84 Å². The number of nitrogens with one attached hydrogen (secondary N) is 1. The lowest BCUT2D eigenvalue weighted by molar-refractivity contribution is 0.0830. The van der Waals surface area contributed by atoms with E-state index < -0.39 is 6.04 Å². The smallest absolute Gasteiger partial charge is 0.257 e. The highest BCUT2D eigenvalue weighted by molar-refractivity contribution is 6.30. The fourth-order valence-corrected chi connectivity index (χ4v) is 2.77. The van der Waals surface area contributed by atoms with Crippen molar-refractivity contribution in [1.29, 1.82) is 0 Å². The van der Waals surface area contributed by atoms with Gasteiger partial charge in [-0.2, -0.15) is 0 Å². The second-order valence-electron chi connectivity index (χ2n) is 6.20. The van der Waals surface area contributed by atoms with Crippen molar-refractivity contribution < 1.29 is 14.1 Å². The molecule has 2 aromatic rings. The van der Waals surface area contributed by atoms with Crippen LogP contribution in [-0.4, -0.2) is 22.9 Å². The van der Waals surface area contributed by atoms with Crippen LogP contribution < -0.4 is 5.32 Å². The Morgan fingerprint density at radius 2 is 1.80 bits per heavy atom. The summed E-state index contributed by atoms with van der Waals surface area (Å²) in [4.78, 5) is 25.6. The fraction of sp³-hybridized carbons (Fsp3) is 0.421. The first-order valence-corrected chi connectivity index (χ1v) is 8.84. The van der Waals surface area contributed by atoms with Crippen molar-refractivity contribution in [3.8, 4) is 0 Å². The molecule has 1 N–H and O–H groups in total. The Balaban J connectivity index is 2.27. The summed E-state index contributed by atoms with van der Waals surface area (Å²) >= 11 is 5.88. The van der Waals surface area contributed by atoms with Gasteiger partial charge in [0, 0.05) is 17.0 Å². The van der Waals surface area contributed by atoms with Gasteiger partial charge >= 0.3 is 0 Å². The summed E-state index contributed by atoms with van der Waals surface area (Å²) in [5, 5.41) is 7.38. The van der Waals surface area contributed by atoms with E-state index in [2.05, 4.69) is 10.5 Å². The lowest BCUT2D eigenvalue weighted by atomic mass is 9.94. The van der Waals surface area contributed by atoms with Crippen molar-refractivity contribution in [2.24, 2.45) is 5.92 Å². The molecule has 0 radical (unpaired) electrons. The number of benzene rings is 1. The predicted molar refractivity (Wildman–Crippen MR) is 97.1 cm³/mol. The molecule has 134 valence electrons. The average molecular weight is 363 g/mol. The summed E-state index contributed by atoms with van der Waals surface area (Å²) in [5.41, 5.74) is 1.57. The molecule has 0 saturated heterocycles. The first-order chi connectivity index (χ1) is 11.9. The van der Waals surface area contributed by atoms with Gasteiger partial charge in [0.2, 0.25) is 0 Å². The zero-order chi connectivity index (χ0) is 18.6. The molecular weight excluding hydrogens is 340 g/mol. The van der Waals surface area contributed by atoms with Crippen molar-refractivity contribution in [3.63, 3.8) is 0 Å². The summed E-state index contributed by atoms with van der Waals surface area (Å²) < 4.78 is 5.25. The van der Waals surface area contributed by atoms with E-state index in [1.54, 1.807) is 24.3 Å². The molecule has 5 nitrogen and oxygen atoms in total. The third kappa shape index (κ3) is 4.28. The predicted octanol–water partition coefficient (Wildman–Crippen LogP) is 4.09. The van der Waals surface area contributed by atoms with Crippen LogP contribution in [-0.2, 0) is 12.8 Å². The molecule has 0 aliphatic heterocycles. The van der Waals surface area contributed by atoms with E-state index in [4.69, 9.17) is 16.1 Å². The van der Waals surface area contributed by atoms with Crippen LogP contribution in [0.25, 0.3) is 0 Å². The van der Waals surface area contributed by atoms with Gasteiger partial charge in [-0.3, -0.25) is 9.59 Å². The molecule has 0 aliphatic carbocycles. The van der Waals surface area contributed by atoms with E-state index in [0.29, 0.717) is 40.4 Å². The number of halogens is 1. The van der Waals surface area contributed by atoms with Crippen LogP contribution >= 0.6 is 11.6 Å². The normalized spacial score (nSPS) is 12.2. The Labute approximate surface area is 152 Å². The lowest BCUT2D eigenvalue weighted by Crippen LogP contribution is -2.44. The Kier molecular flexibility index (Phi) is 6.37. The topological polar surface area (TPSA) is 72.2 Å². The molecule has 0 saturated carbocycles. The van der Waals surface area contributed by atoms with Crippen LogP contribution in [0, 0.1) is 5.92 Å². The number of Topliss-reactive ketones (excluding diaryl/α,β-unsaturated/α-hetero) is 1. The summed E-state index contributed by atoms with van der Waals surface area (Å²) in [6.07, 6.45) is 1.15. The van der Waals surface area contributed by atoms with Crippen LogP contribution in [0.1, 0.15) is 59.9 Å². The Morgan fingerprint density at radius 3 is 2.32 bits per heavy atom. The number of hydrogen-bond acceptors (Lipinski definition) is 4. The zero-order valence-electron chi connectivity index (χ0n) is 14.9. The van der Waals surface area contributed by atoms with Crippen molar-refractivity contribution in [3.05, 3.63) is 51.9 Å². The number of carbonyl (C=O) groups excluding carboxylic acids is 2. The van der Waals surface area contributed by atoms with E-state index in [1.807, 2.05) is 27.7 Å². The van der Waals surface area contributed by atoms with Crippen LogP contribution in [0.4, 0.5) is 0 Å². The lowest BCUT2D eigenvalue weighted by Gasteiger charge is -2.21. The van der Waals surface area contributed by atoms with Gasteiger partial charge in [-0.05, 0) is 36.6 Å².